The maximum Gasteiger partial charge on any atom is 0.344 e. The molecular formula is C17H19N3O7S. The van der Waals surface area contributed by atoms with Crippen LogP contribution in [0, 0.1) is 0 Å². The number of methoxy groups -OCH3 is 1. The van der Waals surface area contributed by atoms with Crippen molar-refractivity contribution >= 4 is 41.0 Å². The number of carbonyl (C=O) groups is 3. The first kappa shape index (κ1) is 21.2. The van der Waals surface area contributed by atoms with Crippen molar-refractivity contribution in [3.63, 3.8) is 0 Å². The van der Waals surface area contributed by atoms with Crippen LogP contribution >= 0.6 is 11.8 Å². The van der Waals surface area contributed by atoms with E-state index in [1.807, 2.05) is 0 Å². The molecule has 2 rings (SSSR count). The molecule has 1 aromatic carbocycles. The van der Waals surface area contributed by atoms with Gasteiger partial charge in [-0.2, -0.15) is 5.10 Å². The van der Waals surface area contributed by atoms with Crippen molar-refractivity contribution in [3.8, 4) is 11.5 Å². The van der Waals surface area contributed by atoms with E-state index in [1.54, 1.807) is 25.1 Å². The smallest absolute Gasteiger partial charge is 0.344 e. The number of hydrogen-bond donors (Lipinski definition) is 2. The highest BCUT2D eigenvalue weighted by molar-refractivity contribution is 8.15. The molecule has 0 saturated carbocycles. The monoisotopic (exact) mass is 409 g/mol. The molecule has 1 amide bonds. The van der Waals surface area contributed by atoms with E-state index in [1.165, 1.54) is 13.3 Å². The molecule has 1 fully saturated rings. The van der Waals surface area contributed by atoms with E-state index >= 15 is 0 Å². The van der Waals surface area contributed by atoms with Gasteiger partial charge < -0.3 is 24.6 Å². The van der Waals surface area contributed by atoms with Gasteiger partial charge in [-0.3, -0.25) is 9.59 Å². The molecule has 1 saturated heterocycles. The van der Waals surface area contributed by atoms with Crippen molar-refractivity contribution in [1.82, 2.24) is 5.32 Å². The van der Waals surface area contributed by atoms with Gasteiger partial charge in [-0.15, -0.1) is 5.10 Å². The Bertz CT molecular complexity index is 810. The van der Waals surface area contributed by atoms with Gasteiger partial charge in [-0.25, -0.2) is 4.79 Å². The van der Waals surface area contributed by atoms with Gasteiger partial charge in [0.25, 0.3) is 0 Å². The number of esters is 1. The lowest BCUT2D eigenvalue weighted by Crippen LogP contribution is -2.26. The van der Waals surface area contributed by atoms with E-state index in [-0.39, 0.29) is 30.6 Å². The minimum atomic E-state index is -1.07. The predicted molar refractivity (Wildman–Crippen MR) is 102 cm³/mol. The highest BCUT2D eigenvalue weighted by atomic mass is 32.2. The van der Waals surface area contributed by atoms with Crippen LogP contribution < -0.4 is 14.8 Å². The summed E-state index contributed by atoms with van der Waals surface area (Å²) < 4.78 is 15.6. The van der Waals surface area contributed by atoms with Gasteiger partial charge in [0.1, 0.15) is 5.25 Å². The second kappa shape index (κ2) is 10.3. The SMILES string of the molecule is CCOC(=O)COc1c(C=NN=C2NC(=O)C(CC(=O)O)S2)cccc1OC. The average molecular weight is 409 g/mol. The summed E-state index contributed by atoms with van der Waals surface area (Å²) in [4.78, 5) is 33.9. The zero-order valence-corrected chi connectivity index (χ0v) is 16.0. The molecule has 2 N–H and O–H groups in total. The Morgan fingerprint density at radius 2 is 2.18 bits per heavy atom. The highest BCUT2D eigenvalue weighted by Gasteiger charge is 2.32. The summed E-state index contributed by atoms with van der Waals surface area (Å²) in [5.74, 6) is -1.34. The Labute approximate surface area is 164 Å². The Morgan fingerprint density at radius 1 is 1.39 bits per heavy atom. The van der Waals surface area contributed by atoms with Gasteiger partial charge >= 0.3 is 11.9 Å². The molecule has 0 radical (unpaired) electrons. The fourth-order valence-corrected chi connectivity index (χ4v) is 3.09. The molecular weight excluding hydrogens is 390 g/mol. The number of carbonyl (C=O) groups excluding carboxylic acids is 2. The van der Waals surface area contributed by atoms with Crippen LogP contribution in [-0.2, 0) is 19.1 Å². The van der Waals surface area contributed by atoms with Crippen molar-refractivity contribution in [1.29, 1.82) is 0 Å². The molecule has 1 unspecified atom stereocenters. The summed E-state index contributed by atoms with van der Waals surface area (Å²) in [5.41, 5.74) is 0.490. The Hall–Kier alpha value is -3.08. The molecule has 0 aliphatic carbocycles. The summed E-state index contributed by atoms with van der Waals surface area (Å²) in [7, 11) is 1.46. The fourth-order valence-electron chi connectivity index (χ4n) is 2.17. The average Bonchev–Trinajstić information content (AvgIpc) is 2.99. The molecule has 1 aliphatic heterocycles. The zero-order chi connectivity index (χ0) is 20.5. The Morgan fingerprint density at radius 3 is 2.86 bits per heavy atom. The number of thioether (sulfide) groups is 1. The highest BCUT2D eigenvalue weighted by Crippen LogP contribution is 2.30. The summed E-state index contributed by atoms with van der Waals surface area (Å²) >= 11 is 0.991. The van der Waals surface area contributed by atoms with Crippen molar-refractivity contribution in [2.75, 3.05) is 20.3 Å². The standard InChI is InChI=1S/C17H19N3O7S/c1-3-26-14(23)9-27-15-10(5-4-6-11(15)25-2)8-18-20-17-19-16(24)12(28-17)7-13(21)22/h4-6,8,12H,3,7,9H2,1-2H3,(H,21,22)(H,19,20,24). The minimum absolute atomic E-state index is 0.199. The molecule has 1 aromatic rings. The van der Waals surface area contributed by atoms with Crippen molar-refractivity contribution in [2.45, 2.75) is 18.6 Å². The lowest BCUT2D eigenvalue weighted by atomic mass is 10.2. The molecule has 0 aromatic heterocycles. The van der Waals surface area contributed by atoms with E-state index in [0.717, 1.165) is 11.8 Å². The van der Waals surface area contributed by atoms with E-state index in [9.17, 15) is 14.4 Å². The van der Waals surface area contributed by atoms with Crippen LogP contribution in [0.2, 0.25) is 0 Å². The number of benzene rings is 1. The molecule has 150 valence electrons. The number of hydrogen-bond acceptors (Lipinski definition) is 9. The summed E-state index contributed by atoms with van der Waals surface area (Å²) in [6.45, 7) is 1.64. The number of rotatable bonds is 9. The van der Waals surface area contributed by atoms with Gasteiger partial charge in [0.05, 0.1) is 26.4 Å². The largest absolute Gasteiger partial charge is 0.493 e. The van der Waals surface area contributed by atoms with E-state index in [0.29, 0.717) is 11.3 Å². The predicted octanol–water partition coefficient (Wildman–Crippen LogP) is 1.03. The third-order valence-electron chi connectivity index (χ3n) is 3.35. The third kappa shape index (κ3) is 5.98. The van der Waals surface area contributed by atoms with Crippen LogP contribution in [0.15, 0.2) is 28.4 Å². The van der Waals surface area contributed by atoms with Crippen LogP contribution in [0.4, 0.5) is 0 Å². The molecule has 1 atom stereocenters. The van der Waals surface area contributed by atoms with Gasteiger partial charge in [-0.05, 0) is 19.1 Å². The van der Waals surface area contributed by atoms with Gasteiger partial charge in [0.2, 0.25) is 5.91 Å². The first-order chi connectivity index (χ1) is 13.4. The van der Waals surface area contributed by atoms with Gasteiger partial charge in [-0.1, -0.05) is 17.8 Å². The lowest BCUT2D eigenvalue weighted by Gasteiger charge is -2.12. The van der Waals surface area contributed by atoms with Crippen molar-refractivity contribution < 1.29 is 33.7 Å². The summed E-state index contributed by atoms with van der Waals surface area (Å²) in [6, 6.07) is 5.05. The van der Waals surface area contributed by atoms with E-state index in [4.69, 9.17) is 19.3 Å². The number of carboxylic acids is 1. The fraction of sp³-hybridized carbons (Fsp3) is 0.353. The number of aliphatic carboxylic acids is 1. The molecule has 11 heteroatoms. The summed E-state index contributed by atoms with van der Waals surface area (Å²) in [5, 5.41) is 18.5. The number of nitrogens with zero attached hydrogens (tertiary/aromatic N) is 2. The van der Waals surface area contributed by atoms with Crippen LogP contribution in [0.3, 0.4) is 0 Å². The number of nitrogens with one attached hydrogen (secondary N) is 1. The maximum atomic E-state index is 11.7. The molecule has 28 heavy (non-hydrogen) atoms. The number of para-hydroxylation sites is 1. The second-order valence-electron chi connectivity index (χ2n) is 5.32. The number of amidine groups is 1. The minimum Gasteiger partial charge on any atom is -0.493 e. The lowest BCUT2D eigenvalue weighted by molar-refractivity contribution is -0.145. The van der Waals surface area contributed by atoms with Gasteiger partial charge in [0, 0.05) is 5.56 Å². The quantitative estimate of drug-likeness (QED) is 0.351. The van der Waals surface area contributed by atoms with Crippen molar-refractivity contribution in [3.05, 3.63) is 23.8 Å². The molecule has 1 heterocycles. The molecule has 1 aliphatic rings. The van der Waals surface area contributed by atoms with Crippen LogP contribution in [0.1, 0.15) is 18.9 Å². The number of ether oxygens (including phenoxy) is 3. The van der Waals surface area contributed by atoms with Crippen LogP contribution in [0.5, 0.6) is 11.5 Å². The Balaban J connectivity index is 2.11. The number of carboxylic acid groups (broad SMARTS) is 1. The van der Waals surface area contributed by atoms with Crippen molar-refractivity contribution in [2.24, 2.45) is 10.2 Å². The third-order valence-corrected chi connectivity index (χ3v) is 4.42. The first-order valence-corrected chi connectivity index (χ1v) is 9.08. The zero-order valence-electron chi connectivity index (χ0n) is 15.2. The van der Waals surface area contributed by atoms with Crippen LogP contribution in [0.25, 0.3) is 0 Å². The summed E-state index contributed by atoms with van der Waals surface area (Å²) in [6.07, 6.45) is 1.06. The molecule has 10 nitrogen and oxygen atoms in total. The number of amides is 1. The van der Waals surface area contributed by atoms with E-state index in [2.05, 4.69) is 15.5 Å². The topological polar surface area (TPSA) is 136 Å². The maximum absolute atomic E-state index is 11.7. The normalized spacial score (nSPS) is 17.6. The second-order valence-corrected chi connectivity index (χ2v) is 6.51. The Kier molecular flexibility index (Phi) is 7.81. The van der Waals surface area contributed by atoms with Gasteiger partial charge in [0.15, 0.2) is 23.3 Å². The molecule has 0 bridgehead atoms. The molecule has 0 spiro atoms. The first-order valence-electron chi connectivity index (χ1n) is 8.20. The van der Waals surface area contributed by atoms with Crippen LogP contribution in [-0.4, -0.2) is 59.9 Å². The van der Waals surface area contributed by atoms with E-state index < -0.39 is 23.1 Å².